The summed E-state index contributed by atoms with van der Waals surface area (Å²) in [4.78, 5) is 11.8. The Hall–Kier alpha value is -0.870. The molecule has 4 aliphatic carbocycles. The summed E-state index contributed by atoms with van der Waals surface area (Å²) in [5.74, 6) is 0.296. The van der Waals surface area contributed by atoms with Gasteiger partial charge >= 0.3 is 5.97 Å². The van der Waals surface area contributed by atoms with Gasteiger partial charge in [-0.05, 0) is 74.5 Å². The maximum Gasteiger partial charge on any atom is 0.336 e. The van der Waals surface area contributed by atoms with Gasteiger partial charge in [0.25, 0.3) is 0 Å². The first-order valence-corrected chi connectivity index (χ1v) is 9.56. The van der Waals surface area contributed by atoms with Gasteiger partial charge in [0, 0.05) is 5.41 Å². The predicted molar refractivity (Wildman–Crippen MR) is 90.3 cm³/mol. The molecule has 0 unspecified atom stereocenters. The quantitative estimate of drug-likeness (QED) is 0.644. The predicted octanol–water partition coefficient (Wildman–Crippen LogP) is 3.13. The van der Waals surface area contributed by atoms with Crippen molar-refractivity contribution in [2.24, 2.45) is 28.6 Å². The van der Waals surface area contributed by atoms with Crippen LogP contribution in [0.3, 0.4) is 0 Å². The maximum absolute atomic E-state index is 11.8. The smallest absolute Gasteiger partial charge is 0.336 e. The molecule has 4 aliphatic rings. The first-order chi connectivity index (χ1) is 11.2. The van der Waals surface area contributed by atoms with Gasteiger partial charge in [0.2, 0.25) is 0 Å². The molecule has 0 aromatic rings. The highest BCUT2D eigenvalue weighted by atomic mass is 16.4. The van der Waals surface area contributed by atoms with Crippen molar-refractivity contribution >= 4 is 5.97 Å². The minimum atomic E-state index is -1.56. The van der Waals surface area contributed by atoms with E-state index in [1.54, 1.807) is 0 Å². The van der Waals surface area contributed by atoms with Crippen LogP contribution in [-0.2, 0) is 4.79 Å². The number of fused-ring (bicyclic) bond motifs is 5. The molecule has 3 fully saturated rings. The second-order valence-corrected chi connectivity index (χ2v) is 9.32. The molecule has 4 nitrogen and oxygen atoms in total. The number of hydrogen-bond donors (Lipinski definition) is 3. The maximum atomic E-state index is 11.8. The van der Waals surface area contributed by atoms with E-state index in [0.29, 0.717) is 24.2 Å². The van der Waals surface area contributed by atoms with E-state index in [4.69, 9.17) is 0 Å². The molecule has 0 bridgehead atoms. The number of carbonyl (C=O) groups is 1. The van der Waals surface area contributed by atoms with Crippen molar-refractivity contribution in [1.29, 1.82) is 0 Å². The number of hydrogen-bond acceptors (Lipinski definition) is 3. The highest BCUT2D eigenvalue weighted by Gasteiger charge is 2.66. The van der Waals surface area contributed by atoms with Gasteiger partial charge in [-0.3, -0.25) is 0 Å². The van der Waals surface area contributed by atoms with Crippen molar-refractivity contribution in [2.75, 3.05) is 0 Å². The second-order valence-electron chi connectivity index (χ2n) is 9.32. The average Bonchev–Trinajstić information content (AvgIpc) is 2.81. The fraction of sp³-hybridized carbons (Fsp3) is 0.850. The Labute approximate surface area is 144 Å². The number of carboxylic acid groups (broad SMARTS) is 1. The first kappa shape index (κ1) is 16.6. The van der Waals surface area contributed by atoms with Crippen LogP contribution in [0, 0.1) is 28.6 Å². The molecular weight excluding hydrogens is 304 g/mol. The Kier molecular flexibility index (Phi) is 3.51. The first-order valence-electron chi connectivity index (χ1n) is 9.56. The Morgan fingerprint density at radius 3 is 2.54 bits per heavy atom. The summed E-state index contributed by atoms with van der Waals surface area (Å²) in [6.07, 6.45) is 8.85. The van der Waals surface area contributed by atoms with Gasteiger partial charge in [0.1, 0.15) is 0 Å². The number of aliphatic hydroxyl groups is 2. The molecule has 0 radical (unpaired) electrons. The summed E-state index contributed by atoms with van der Waals surface area (Å²) in [5.41, 5.74) is -0.475. The van der Waals surface area contributed by atoms with E-state index in [0.717, 1.165) is 44.9 Å². The van der Waals surface area contributed by atoms with Gasteiger partial charge in [-0.2, -0.15) is 0 Å². The molecule has 3 saturated carbocycles. The molecule has 0 aromatic carbocycles. The van der Waals surface area contributed by atoms with E-state index in [1.165, 1.54) is 5.57 Å². The summed E-state index contributed by atoms with van der Waals surface area (Å²) in [5, 5.41) is 30.6. The molecule has 4 heteroatoms. The van der Waals surface area contributed by atoms with Crippen molar-refractivity contribution in [1.82, 2.24) is 0 Å². The normalized spacial score (nSPS) is 53.6. The third-order valence-electron chi connectivity index (χ3n) is 8.58. The summed E-state index contributed by atoms with van der Waals surface area (Å²) in [7, 11) is 0. The number of aliphatic carboxylic acids is 1. The molecule has 0 heterocycles. The minimum Gasteiger partial charge on any atom is -0.479 e. The summed E-state index contributed by atoms with van der Waals surface area (Å²) >= 11 is 0. The van der Waals surface area contributed by atoms with Gasteiger partial charge in [-0.25, -0.2) is 4.79 Å². The van der Waals surface area contributed by atoms with Crippen LogP contribution in [0.1, 0.15) is 65.2 Å². The molecule has 7 atom stereocenters. The molecule has 4 rings (SSSR count). The fourth-order valence-electron chi connectivity index (χ4n) is 7.01. The molecule has 3 N–H and O–H groups in total. The molecule has 0 spiro atoms. The highest BCUT2D eigenvalue weighted by molar-refractivity contribution is 5.79. The molecular formula is C20H30O4. The van der Waals surface area contributed by atoms with E-state index in [9.17, 15) is 20.1 Å². The Balaban J connectivity index is 1.69. The SMILES string of the molecule is C[C@]12CC[C@H](O)CC1=CC[C@@H]1[C@@H]2CC[C@@]2(C)[C@H]1CC[C@]2(O)C(=O)O. The molecule has 0 amide bonds. The van der Waals surface area contributed by atoms with Crippen LogP contribution in [0.25, 0.3) is 0 Å². The van der Waals surface area contributed by atoms with E-state index >= 15 is 0 Å². The Bertz CT molecular complexity index is 598. The van der Waals surface area contributed by atoms with Crippen LogP contribution in [0.5, 0.6) is 0 Å². The number of rotatable bonds is 1. The van der Waals surface area contributed by atoms with Gasteiger partial charge < -0.3 is 15.3 Å². The van der Waals surface area contributed by atoms with Gasteiger partial charge in [-0.15, -0.1) is 0 Å². The Morgan fingerprint density at radius 1 is 1.12 bits per heavy atom. The second kappa shape index (κ2) is 5.07. The molecule has 134 valence electrons. The van der Waals surface area contributed by atoms with Gasteiger partial charge in [0.05, 0.1) is 6.10 Å². The third kappa shape index (κ3) is 1.90. The van der Waals surface area contributed by atoms with Crippen LogP contribution in [-0.4, -0.2) is 33.0 Å². The van der Waals surface area contributed by atoms with E-state index in [-0.39, 0.29) is 11.5 Å². The zero-order valence-electron chi connectivity index (χ0n) is 14.8. The van der Waals surface area contributed by atoms with Crippen LogP contribution in [0.15, 0.2) is 11.6 Å². The molecule has 0 aromatic heterocycles. The lowest BCUT2D eigenvalue weighted by Crippen LogP contribution is -2.57. The molecule has 0 saturated heterocycles. The zero-order chi connectivity index (χ0) is 17.3. The van der Waals surface area contributed by atoms with E-state index < -0.39 is 17.0 Å². The number of allylic oxidation sites excluding steroid dienone is 1. The minimum absolute atomic E-state index is 0.160. The summed E-state index contributed by atoms with van der Waals surface area (Å²) in [6.45, 7) is 4.38. The largest absolute Gasteiger partial charge is 0.479 e. The topological polar surface area (TPSA) is 77.8 Å². The lowest BCUT2D eigenvalue weighted by atomic mass is 9.47. The van der Waals surface area contributed by atoms with Crippen molar-refractivity contribution < 1.29 is 20.1 Å². The fourth-order valence-corrected chi connectivity index (χ4v) is 7.01. The van der Waals surface area contributed by atoms with E-state index in [1.807, 2.05) is 6.92 Å². The van der Waals surface area contributed by atoms with Crippen LogP contribution < -0.4 is 0 Å². The lowest BCUT2D eigenvalue weighted by molar-refractivity contribution is -0.180. The summed E-state index contributed by atoms with van der Waals surface area (Å²) in [6, 6.07) is 0. The molecule has 0 aliphatic heterocycles. The van der Waals surface area contributed by atoms with Crippen molar-refractivity contribution in [3.05, 3.63) is 11.6 Å². The summed E-state index contributed by atoms with van der Waals surface area (Å²) < 4.78 is 0. The monoisotopic (exact) mass is 334 g/mol. The third-order valence-corrected chi connectivity index (χ3v) is 8.58. The van der Waals surface area contributed by atoms with Crippen LogP contribution in [0.4, 0.5) is 0 Å². The van der Waals surface area contributed by atoms with Crippen molar-refractivity contribution in [2.45, 2.75) is 76.9 Å². The van der Waals surface area contributed by atoms with E-state index in [2.05, 4.69) is 13.0 Å². The lowest BCUT2D eigenvalue weighted by Gasteiger charge is -2.58. The van der Waals surface area contributed by atoms with Crippen LogP contribution >= 0.6 is 0 Å². The standard InChI is InChI=1S/C20H30O4/c1-18-8-5-13(21)11-12(18)3-4-14-15(18)6-9-19(2)16(14)7-10-20(19,24)17(22)23/h3,13-16,21,24H,4-11H2,1-2H3,(H,22,23)/t13-,14+,15-,16-,18-,19-,20-/m0/s1. The van der Waals surface area contributed by atoms with Crippen molar-refractivity contribution in [3.8, 4) is 0 Å². The molecule has 24 heavy (non-hydrogen) atoms. The average molecular weight is 334 g/mol. The van der Waals surface area contributed by atoms with Crippen LogP contribution in [0.2, 0.25) is 0 Å². The highest BCUT2D eigenvalue weighted by Crippen LogP contribution is 2.67. The number of aliphatic hydroxyl groups excluding tert-OH is 1. The van der Waals surface area contributed by atoms with Gasteiger partial charge in [0.15, 0.2) is 5.60 Å². The van der Waals surface area contributed by atoms with Gasteiger partial charge in [-0.1, -0.05) is 25.5 Å². The Morgan fingerprint density at radius 2 is 1.83 bits per heavy atom. The zero-order valence-corrected chi connectivity index (χ0v) is 14.8. The number of carboxylic acids is 1. The van der Waals surface area contributed by atoms with Crippen molar-refractivity contribution in [3.63, 3.8) is 0 Å².